The molecule has 0 atom stereocenters. The van der Waals surface area contributed by atoms with E-state index in [0.717, 1.165) is 24.4 Å². The van der Waals surface area contributed by atoms with Gasteiger partial charge in [0, 0.05) is 24.2 Å². The Morgan fingerprint density at radius 3 is 2.93 bits per heavy atom. The van der Waals surface area contributed by atoms with Gasteiger partial charge in [-0.1, -0.05) is 24.3 Å². The fourth-order valence-corrected chi connectivity index (χ4v) is 1.78. The first-order chi connectivity index (χ1) is 6.93. The van der Waals surface area contributed by atoms with E-state index in [1.807, 2.05) is 18.2 Å². The molecule has 1 aliphatic rings. The SMILES string of the molecule is C1=CN(c2cc3ccccc3o2)CC1. The van der Waals surface area contributed by atoms with Gasteiger partial charge in [0.2, 0.25) is 5.88 Å². The number of fused-ring (bicyclic) bond motifs is 1. The van der Waals surface area contributed by atoms with Crippen molar-refractivity contribution in [1.29, 1.82) is 0 Å². The highest BCUT2D eigenvalue weighted by Gasteiger charge is 2.11. The molecule has 0 saturated carbocycles. The Hall–Kier alpha value is -1.70. The van der Waals surface area contributed by atoms with E-state index in [1.54, 1.807) is 0 Å². The van der Waals surface area contributed by atoms with Crippen LogP contribution in [-0.2, 0) is 0 Å². The fourth-order valence-electron chi connectivity index (χ4n) is 1.78. The Bertz CT molecular complexity index is 451. The van der Waals surface area contributed by atoms with Crippen molar-refractivity contribution < 1.29 is 4.42 Å². The number of hydrogen-bond donors (Lipinski definition) is 0. The summed E-state index contributed by atoms with van der Waals surface area (Å²) in [5.41, 5.74) is 0.961. The number of furan rings is 1. The molecule has 2 aromatic rings. The van der Waals surface area contributed by atoms with Crippen LogP contribution in [0.2, 0.25) is 0 Å². The van der Waals surface area contributed by atoms with Crippen LogP contribution in [0.3, 0.4) is 0 Å². The maximum absolute atomic E-state index is 5.73. The van der Waals surface area contributed by atoms with E-state index in [0.29, 0.717) is 0 Å². The number of benzene rings is 1. The third-order valence-electron chi connectivity index (χ3n) is 2.52. The van der Waals surface area contributed by atoms with E-state index >= 15 is 0 Å². The van der Waals surface area contributed by atoms with Crippen LogP contribution in [0.1, 0.15) is 6.42 Å². The zero-order chi connectivity index (χ0) is 9.38. The van der Waals surface area contributed by atoms with Gasteiger partial charge in [-0.05, 0) is 12.5 Å². The van der Waals surface area contributed by atoms with Crippen LogP contribution in [0.25, 0.3) is 11.0 Å². The Balaban J connectivity index is 2.09. The van der Waals surface area contributed by atoms with Gasteiger partial charge in [-0.3, -0.25) is 0 Å². The smallest absolute Gasteiger partial charge is 0.200 e. The molecule has 2 heteroatoms. The third-order valence-corrected chi connectivity index (χ3v) is 2.52. The fraction of sp³-hybridized carbons (Fsp3) is 0.167. The van der Waals surface area contributed by atoms with E-state index in [9.17, 15) is 0 Å². The molecule has 0 N–H and O–H groups in total. The van der Waals surface area contributed by atoms with E-state index in [1.165, 1.54) is 5.39 Å². The average Bonchev–Trinajstić information content (AvgIpc) is 2.86. The van der Waals surface area contributed by atoms with E-state index in [2.05, 4.69) is 29.3 Å². The monoisotopic (exact) mass is 185 g/mol. The Morgan fingerprint density at radius 1 is 1.21 bits per heavy atom. The van der Waals surface area contributed by atoms with Crippen LogP contribution < -0.4 is 4.90 Å². The molecule has 2 nitrogen and oxygen atoms in total. The second-order valence-corrected chi connectivity index (χ2v) is 3.49. The molecular formula is C12H11NO. The maximum Gasteiger partial charge on any atom is 0.200 e. The first kappa shape index (κ1) is 7.68. The molecule has 0 aliphatic carbocycles. The first-order valence-corrected chi connectivity index (χ1v) is 4.85. The third kappa shape index (κ3) is 1.11. The Kier molecular flexibility index (Phi) is 1.60. The second-order valence-electron chi connectivity index (χ2n) is 3.49. The number of para-hydroxylation sites is 1. The van der Waals surface area contributed by atoms with Crippen molar-refractivity contribution in [3.8, 4) is 0 Å². The maximum atomic E-state index is 5.73. The van der Waals surface area contributed by atoms with Crippen molar-refractivity contribution >= 4 is 16.9 Å². The van der Waals surface area contributed by atoms with Crippen LogP contribution in [0.4, 0.5) is 5.88 Å². The van der Waals surface area contributed by atoms with Gasteiger partial charge in [-0.2, -0.15) is 0 Å². The molecule has 3 rings (SSSR count). The lowest BCUT2D eigenvalue weighted by molar-refractivity contribution is 0.608. The predicted molar refractivity (Wildman–Crippen MR) is 57.3 cm³/mol. The number of rotatable bonds is 1. The average molecular weight is 185 g/mol. The molecule has 1 aliphatic heterocycles. The van der Waals surface area contributed by atoms with Crippen LogP contribution in [-0.4, -0.2) is 6.54 Å². The first-order valence-electron chi connectivity index (χ1n) is 4.85. The summed E-state index contributed by atoms with van der Waals surface area (Å²) in [6, 6.07) is 10.2. The molecule has 0 bridgehead atoms. The minimum Gasteiger partial charge on any atom is -0.440 e. The summed E-state index contributed by atoms with van der Waals surface area (Å²) in [4.78, 5) is 2.14. The minimum atomic E-state index is 0.944. The highest BCUT2D eigenvalue weighted by Crippen LogP contribution is 2.27. The molecule has 0 spiro atoms. The van der Waals surface area contributed by atoms with Crippen LogP contribution >= 0.6 is 0 Å². The second kappa shape index (κ2) is 2.91. The zero-order valence-electron chi connectivity index (χ0n) is 7.81. The molecule has 0 amide bonds. The van der Waals surface area contributed by atoms with Crippen molar-refractivity contribution in [3.63, 3.8) is 0 Å². The van der Waals surface area contributed by atoms with Crippen molar-refractivity contribution in [3.05, 3.63) is 42.6 Å². The molecule has 2 heterocycles. The number of nitrogens with zero attached hydrogens (tertiary/aromatic N) is 1. The molecule has 0 radical (unpaired) electrons. The molecule has 0 fully saturated rings. The van der Waals surface area contributed by atoms with E-state index in [-0.39, 0.29) is 0 Å². The van der Waals surface area contributed by atoms with E-state index < -0.39 is 0 Å². The van der Waals surface area contributed by atoms with Crippen molar-refractivity contribution in [2.75, 3.05) is 11.4 Å². The summed E-state index contributed by atoms with van der Waals surface area (Å²) in [7, 11) is 0. The van der Waals surface area contributed by atoms with Crippen LogP contribution in [0.5, 0.6) is 0 Å². The summed E-state index contributed by atoms with van der Waals surface area (Å²) < 4.78 is 5.73. The molecule has 70 valence electrons. The molecule has 1 aromatic heterocycles. The van der Waals surface area contributed by atoms with Gasteiger partial charge in [0.1, 0.15) is 5.58 Å². The van der Waals surface area contributed by atoms with Gasteiger partial charge in [0.15, 0.2) is 0 Å². The number of anilines is 1. The summed E-state index contributed by atoms with van der Waals surface area (Å²) >= 11 is 0. The van der Waals surface area contributed by atoms with E-state index in [4.69, 9.17) is 4.42 Å². The minimum absolute atomic E-state index is 0.944. The largest absolute Gasteiger partial charge is 0.440 e. The Morgan fingerprint density at radius 2 is 2.14 bits per heavy atom. The normalized spacial score (nSPS) is 15.6. The van der Waals surface area contributed by atoms with Gasteiger partial charge in [0.05, 0.1) is 0 Å². The Labute approximate surface area is 82.4 Å². The zero-order valence-corrected chi connectivity index (χ0v) is 7.81. The lowest BCUT2D eigenvalue weighted by atomic mass is 10.3. The summed E-state index contributed by atoms with van der Waals surface area (Å²) in [5, 5.41) is 1.17. The molecule has 0 unspecified atom stereocenters. The topological polar surface area (TPSA) is 16.4 Å². The predicted octanol–water partition coefficient (Wildman–Crippen LogP) is 3.16. The van der Waals surface area contributed by atoms with Gasteiger partial charge in [0.25, 0.3) is 0 Å². The highest BCUT2D eigenvalue weighted by molar-refractivity contribution is 5.81. The van der Waals surface area contributed by atoms with Gasteiger partial charge in [-0.25, -0.2) is 0 Å². The lowest BCUT2D eigenvalue weighted by Crippen LogP contribution is -2.10. The van der Waals surface area contributed by atoms with Crippen molar-refractivity contribution in [2.45, 2.75) is 6.42 Å². The van der Waals surface area contributed by atoms with Crippen LogP contribution in [0, 0.1) is 0 Å². The number of hydrogen-bond acceptors (Lipinski definition) is 2. The standard InChI is InChI=1S/C12H11NO/c1-2-6-11-10(5-1)9-12(14-11)13-7-3-4-8-13/h1-3,5-7,9H,4,8H2. The molecule has 1 aromatic carbocycles. The lowest BCUT2D eigenvalue weighted by Gasteiger charge is -2.09. The highest BCUT2D eigenvalue weighted by atomic mass is 16.4. The van der Waals surface area contributed by atoms with Crippen molar-refractivity contribution in [2.24, 2.45) is 0 Å². The molecular weight excluding hydrogens is 174 g/mol. The van der Waals surface area contributed by atoms with Crippen molar-refractivity contribution in [1.82, 2.24) is 0 Å². The molecule has 0 saturated heterocycles. The summed E-state index contributed by atoms with van der Waals surface area (Å²) in [6.45, 7) is 1.03. The summed E-state index contributed by atoms with van der Waals surface area (Å²) in [6.07, 6.45) is 5.35. The van der Waals surface area contributed by atoms with Gasteiger partial charge in [-0.15, -0.1) is 0 Å². The van der Waals surface area contributed by atoms with Gasteiger partial charge < -0.3 is 9.32 Å². The summed E-state index contributed by atoms with van der Waals surface area (Å²) in [5.74, 6) is 0.944. The van der Waals surface area contributed by atoms with Gasteiger partial charge >= 0.3 is 0 Å². The molecule has 14 heavy (non-hydrogen) atoms. The van der Waals surface area contributed by atoms with Crippen LogP contribution in [0.15, 0.2) is 47.0 Å². The quantitative estimate of drug-likeness (QED) is 0.678.